The van der Waals surface area contributed by atoms with E-state index < -0.39 is 15.9 Å². The lowest BCUT2D eigenvalue weighted by Crippen LogP contribution is -2.46. The Hall–Kier alpha value is -2.28. The van der Waals surface area contributed by atoms with Crippen LogP contribution in [-0.2, 0) is 26.6 Å². The van der Waals surface area contributed by atoms with Gasteiger partial charge in [-0.3, -0.25) is 4.79 Å². The van der Waals surface area contributed by atoms with Gasteiger partial charge in [0.2, 0.25) is 0 Å². The molecule has 1 amide bonds. The topological polar surface area (TPSA) is 76.8 Å². The normalized spacial score (nSPS) is 19.4. The van der Waals surface area contributed by atoms with Crippen LogP contribution in [-0.4, -0.2) is 42.9 Å². The molecule has 1 aliphatic rings. The Labute approximate surface area is 179 Å². The molecule has 0 N–H and O–H groups in total. The molecule has 0 radical (unpaired) electrons. The molecule has 0 spiro atoms. The molecule has 164 valence electrons. The zero-order valence-electron chi connectivity index (χ0n) is 18.3. The second-order valence-corrected chi connectivity index (χ2v) is 11.3. The number of nitrogens with zero attached hydrogens (tertiary/aromatic N) is 1. The van der Waals surface area contributed by atoms with E-state index in [1.165, 1.54) is 5.56 Å². The lowest BCUT2D eigenvalue weighted by Gasteiger charge is -2.30. The van der Waals surface area contributed by atoms with Gasteiger partial charge in [0, 0.05) is 6.04 Å². The summed E-state index contributed by atoms with van der Waals surface area (Å²) in [5.74, 6) is 1.82. The van der Waals surface area contributed by atoms with Crippen molar-refractivity contribution in [3.63, 3.8) is 0 Å². The summed E-state index contributed by atoms with van der Waals surface area (Å²) in [5.41, 5.74) is 1.21. The van der Waals surface area contributed by atoms with Crippen LogP contribution < -0.4 is 4.74 Å². The van der Waals surface area contributed by atoms with Gasteiger partial charge in [-0.15, -0.1) is 0 Å². The number of rotatable bonds is 6. The maximum Gasteiger partial charge on any atom is 0.264 e. The molecular weight excluding hydrogens is 402 g/mol. The highest BCUT2D eigenvalue weighted by Gasteiger charge is 2.37. The number of benzene rings is 1. The SMILES string of the molecule is Cc1ccc(CN(C(=O)[C@@H](C)Oc2ccc(C(C)(C)C)cc2)[C@H]2CCS(=O)(=O)C2)o1. The summed E-state index contributed by atoms with van der Waals surface area (Å²) in [4.78, 5) is 14.8. The van der Waals surface area contributed by atoms with Gasteiger partial charge in [0.15, 0.2) is 15.9 Å². The van der Waals surface area contributed by atoms with E-state index in [-0.39, 0.29) is 35.4 Å². The summed E-state index contributed by atoms with van der Waals surface area (Å²) in [6, 6.07) is 11.0. The zero-order valence-corrected chi connectivity index (χ0v) is 19.2. The van der Waals surface area contributed by atoms with Gasteiger partial charge in [-0.1, -0.05) is 32.9 Å². The van der Waals surface area contributed by atoms with Crippen LogP contribution in [0.5, 0.6) is 5.75 Å². The molecule has 0 bridgehead atoms. The summed E-state index contributed by atoms with van der Waals surface area (Å²) >= 11 is 0. The van der Waals surface area contributed by atoms with Crippen LogP contribution in [0.1, 0.15) is 51.2 Å². The summed E-state index contributed by atoms with van der Waals surface area (Å²) < 4.78 is 35.6. The monoisotopic (exact) mass is 433 g/mol. The van der Waals surface area contributed by atoms with Gasteiger partial charge in [-0.05, 0) is 55.5 Å². The van der Waals surface area contributed by atoms with Crippen LogP contribution in [0.2, 0.25) is 0 Å². The molecule has 6 nitrogen and oxygen atoms in total. The van der Waals surface area contributed by atoms with Crippen molar-refractivity contribution in [3.8, 4) is 5.75 Å². The maximum atomic E-state index is 13.2. The number of amides is 1. The van der Waals surface area contributed by atoms with E-state index in [9.17, 15) is 13.2 Å². The molecule has 1 aromatic carbocycles. The molecule has 7 heteroatoms. The fourth-order valence-electron chi connectivity index (χ4n) is 3.67. The van der Waals surface area contributed by atoms with Crippen molar-refractivity contribution >= 4 is 15.7 Å². The van der Waals surface area contributed by atoms with E-state index >= 15 is 0 Å². The average molecular weight is 434 g/mol. The van der Waals surface area contributed by atoms with Crippen molar-refractivity contribution < 1.29 is 22.4 Å². The predicted molar refractivity (Wildman–Crippen MR) is 116 cm³/mol. The van der Waals surface area contributed by atoms with Crippen molar-refractivity contribution in [2.75, 3.05) is 11.5 Å². The highest BCUT2D eigenvalue weighted by molar-refractivity contribution is 7.91. The van der Waals surface area contributed by atoms with Gasteiger partial charge in [0.05, 0.1) is 18.1 Å². The average Bonchev–Trinajstić information content (AvgIpc) is 3.23. The first-order valence-corrected chi connectivity index (χ1v) is 12.1. The third kappa shape index (κ3) is 5.45. The molecule has 1 fully saturated rings. The molecule has 0 aliphatic carbocycles. The summed E-state index contributed by atoms with van der Waals surface area (Å²) in [5, 5.41) is 0. The molecule has 2 aromatic rings. The van der Waals surface area contributed by atoms with Crippen molar-refractivity contribution in [2.24, 2.45) is 0 Å². The first-order valence-electron chi connectivity index (χ1n) is 10.3. The molecule has 2 atom stereocenters. The van der Waals surface area contributed by atoms with Crippen molar-refractivity contribution in [3.05, 3.63) is 53.5 Å². The second kappa shape index (κ2) is 8.46. The van der Waals surface area contributed by atoms with Crippen molar-refractivity contribution in [1.29, 1.82) is 0 Å². The minimum atomic E-state index is -3.13. The number of carbonyl (C=O) groups is 1. The van der Waals surface area contributed by atoms with Gasteiger partial charge in [-0.25, -0.2) is 8.42 Å². The van der Waals surface area contributed by atoms with Crippen molar-refractivity contribution in [1.82, 2.24) is 4.90 Å². The summed E-state index contributed by atoms with van der Waals surface area (Å²) in [6.45, 7) is 10.2. The lowest BCUT2D eigenvalue weighted by atomic mass is 9.87. The van der Waals surface area contributed by atoms with Gasteiger partial charge < -0.3 is 14.1 Å². The summed E-state index contributed by atoms with van der Waals surface area (Å²) in [6.07, 6.45) is -0.314. The molecular formula is C23H31NO5S. The standard InChI is InChI=1S/C23H31NO5S/c1-16-6-9-21(28-16)14-24(19-12-13-30(26,27)15-19)22(25)17(2)29-20-10-7-18(8-11-20)23(3,4)5/h6-11,17,19H,12-15H2,1-5H3/t17-,19+/m1/s1. The van der Waals surface area contributed by atoms with E-state index in [0.29, 0.717) is 17.9 Å². The Bertz CT molecular complexity index is 985. The molecule has 1 aliphatic heterocycles. The van der Waals surface area contributed by atoms with E-state index in [0.717, 1.165) is 5.76 Å². The molecule has 2 heterocycles. The maximum absolute atomic E-state index is 13.2. The lowest BCUT2D eigenvalue weighted by molar-refractivity contribution is -0.140. The Balaban J connectivity index is 1.75. The van der Waals surface area contributed by atoms with E-state index in [1.807, 2.05) is 43.3 Å². The van der Waals surface area contributed by atoms with Gasteiger partial charge in [0.25, 0.3) is 5.91 Å². The number of carbonyl (C=O) groups excluding carboxylic acids is 1. The number of hydrogen-bond acceptors (Lipinski definition) is 5. The van der Waals surface area contributed by atoms with Gasteiger partial charge >= 0.3 is 0 Å². The first kappa shape index (κ1) is 22.4. The molecule has 1 saturated heterocycles. The fourth-order valence-corrected chi connectivity index (χ4v) is 5.40. The Morgan fingerprint density at radius 2 is 1.87 bits per heavy atom. The zero-order chi connectivity index (χ0) is 22.1. The number of hydrogen-bond donors (Lipinski definition) is 0. The van der Waals surface area contributed by atoms with Gasteiger partial charge in [-0.2, -0.15) is 0 Å². The molecule has 3 rings (SSSR count). The molecule has 0 unspecified atom stereocenters. The second-order valence-electron chi connectivity index (χ2n) is 9.07. The van der Waals surface area contributed by atoms with Crippen LogP contribution in [0.3, 0.4) is 0 Å². The van der Waals surface area contributed by atoms with E-state index in [4.69, 9.17) is 9.15 Å². The minimum absolute atomic E-state index is 0.0224. The Kier molecular flexibility index (Phi) is 6.32. The number of furan rings is 1. The highest BCUT2D eigenvalue weighted by atomic mass is 32.2. The van der Waals surface area contributed by atoms with Crippen LogP contribution >= 0.6 is 0 Å². The largest absolute Gasteiger partial charge is 0.481 e. The van der Waals surface area contributed by atoms with E-state index in [1.54, 1.807) is 11.8 Å². The smallest absolute Gasteiger partial charge is 0.264 e. The first-order chi connectivity index (χ1) is 13.9. The molecule has 30 heavy (non-hydrogen) atoms. The quantitative estimate of drug-likeness (QED) is 0.691. The number of ether oxygens (including phenoxy) is 1. The predicted octanol–water partition coefficient (Wildman–Crippen LogP) is 3.87. The van der Waals surface area contributed by atoms with Crippen LogP contribution in [0, 0.1) is 6.92 Å². The highest BCUT2D eigenvalue weighted by Crippen LogP contribution is 2.26. The van der Waals surface area contributed by atoms with Crippen LogP contribution in [0.15, 0.2) is 40.8 Å². The number of aryl methyl sites for hydroxylation is 1. The number of sulfone groups is 1. The minimum Gasteiger partial charge on any atom is -0.481 e. The molecule has 1 aromatic heterocycles. The third-order valence-electron chi connectivity index (χ3n) is 5.44. The van der Waals surface area contributed by atoms with Gasteiger partial charge in [0.1, 0.15) is 17.3 Å². The van der Waals surface area contributed by atoms with Crippen molar-refractivity contribution in [2.45, 2.75) is 65.1 Å². The Morgan fingerprint density at radius 3 is 2.37 bits per heavy atom. The third-order valence-corrected chi connectivity index (χ3v) is 7.19. The fraction of sp³-hybridized carbons (Fsp3) is 0.522. The van der Waals surface area contributed by atoms with Crippen LogP contribution in [0.25, 0.3) is 0 Å². The Morgan fingerprint density at radius 1 is 1.20 bits per heavy atom. The summed E-state index contributed by atoms with van der Waals surface area (Å²) in [7, 11) is -3.13. The van der Waals surface area contributed by atoms with E-state index in [2.05, 4.69) is 20.8 Å². The van der Waals surface area contributed by atoms with Crippen LogP contribution in [0.4, 0.5) is 0 Å². The molecule has 0 saturated carbocycles.